The van der Waals surface area contributed by atoms with Crippen LogP contribution in [0.4, 0.5) is 5.82 Å². The Hall–Kier alpha value is -1.65. The fraction of sp³-hybridized carbons (Fsp3) is 0.471. The van der Waals surface area contributed by atoms with Gasteiger partial charge in [-0.15, -0.1) is 0 Å². The molecule has 0 fully saturated rings. The molecule has 0 spiro atoms. The van der Waals surface area contributed by atoms with Crippen molar-refractivity contribution < 1.29 is 4.74 Å². The number of methoxy groups -OCH3 is 1. The lowest BCUT2D eigenvalue weighted by Gasteiger charge is -2.28. The first-order chi connectivity index (χ1) is 10.2. The molecule has 2 aromatic rings. The van der Waals surface area contributed by atoms with Crippen LogP contribution in [0.1, 0.15) is 19.4 Å². The van der Waals surface area contributed by atoms with Gasteiger partial charge in [0.1, 0.15) is 5.82 Å². The van der Waals surface area contributed by atoms with Gasteiger partial charge in [0.05, 0.1) is 18.2 Å². The number of ether oxygens (including phenoxy) is 1. The number of hydrogen-bond acceptors (Lipinski definition) is 4. The van der Waals surface area contributed by atoms with E-state index in [4.69, 9.17) is 9.72 Å². The van der Waals surface area contributed by atoms with Crippen LogP contribution in [0.15, 0.2) is 30.3 Å². The molecule has 2 rings (SSSR count). The SMILES string of the molecule is CCNCc1cc2ccccc2nc1N(C)C(C)COC. The molecule has 0 saturated heterocycles. The number of nitrogens with zero attached hydrogens (tertiary/aromatic N) is 2. The number of benzene rings is 1. The molecule has 0 bridgehead atoms. The lowest BCUT2D eigenvalue weighted by Crippen LogP contribution is -2.34. The van der Waals surface area contributed by atoms with Gasteiger partial charge in [0, 0.05) is 31.7 Å². The Balaban J connectivity index is 2.42. The monoisotopic (exact) mass is 287 g/mol. The lowest BCUT2D eigenvalue weighted by molar-refractivity contribution is 0.183. The summed E-state index contributed by atoms with van der Waals surface area (Å²) < 4.78 is 5.27. The highest BCUT2D eigenvalue weighted by atomic mass is 16.5. The van der Waals surface area contributed by atoms with Crippen LogP contribution in [0.2, 0.25) is 0 Å². The minimum absolute atomic E-state index is 0.282. The van der Waals surface area contributed by atoms with Gasteiger partial charge in [-0.3, -0.25) is 0 Å². The molecule has 1 atom stereocenters. The van der Waals surface area contributed by atoms with E-state index in [0.717, 1.165) is 24.4 Å². The van der Waals surface area contributed by atoms with E-state index in [-0.39, 0.29) is 6.04 Å². The van der Waals surface area contributed by atoms with Crippen molar-refractivity contribution in [3.63, 3.8) is 0 Å². The second-order valence-corrected chi connectivity index (χ2v) is 5.36. The van der Waals surface area contributed by atoms with Crippen LogP contribution in [0.5, 0.6) is 0 Å². The van der Waals surface area contributed by atoms with Crippen molar-refractivity contribution in [2.45, 2.75) is 26.4 Å². The molecule has 0 aliphatic carbocycles. The number of aromatic nitrogens is 1. The molecule has 0 saturated carbocycles. The zero-order valence-electron chi connectivity index (χ0n) is 13.4. The smallest absolute Gasteiger partial charge is 0.133 e. The molecule has 1 aromatic carbocycles. The second-order valence-electron chi connectivity index (χ2n) is 5.36. The summed E-state index contributed by atoms with van der Waals surface area (Å²) in [5, 5.41) is 4.58. The highest BCUT2D eigenvalue weighted by Crippen LogP contribution is 2.24. The number of pyridine rings is 1. The maximum atomic E-state index is 5.27. The van der Waals surface area contributed by atoms with Crippen molar-refractivity contribution in [1.29, 1.82) is 0 Å². The maximum absolute atomic E-state index is 5.27. The first-order valence-electron chi connectivity index (χ1n) is 7.48. The van der Waals surface area contributed by atoms with Gasteiger partial charge < -0.3 is 15.0 Å². The molecule has 1 unspecified atom stereocenters. The Kier molecular flexibility index (Phi) is 5.53. The number of para-hydroxylation sites is 1. The molecular weight excluding hydrogens is 262 g/mol. The van der Waals surface area contributed by atoms with Crippen molar-refractivity contribution in [1.82, 2.24) is 10.3 Å². The number of anilines is 1. The molecule has 0 radical (unpaired) electrons. The van der Waals surface area contributed by atoms with Crippen LogP contribution in [0.25, 0.3) is 10.9 Å². The third kappa shape index (κ3) is 3.71. The topological polar surface area (TPSA) is 37.4 Å². The summed E-state index contributed by atoms with van der Waals surface area (Å²) in [7, 11) is 3.81. The number of hydrogen-bond donors (Lipinski definition) is 1. The Bertz CT molecular complexity index is 585. The molecule has 1 heterocycles. The molecule has 0 amide bonds. The Morgan fingerprint density at radius 2 is 2.10 bits per heavy atom. The average molecular weight is 287 g/mol. The molecule has 1 aromatic heterocycles. The van der Waals surface area contributed by atoms with Gasteiger partial charge in [0.2, 0.25) is 0 Å². The Morgan fingerprint density at radius 1 is 1.33 bits per heavy atom. The van der Waals surface area contributed by atoms with Gasteiger partial charge in [0.15, 0.2) is 0 Å². The Labute approximate surface area is 127 Å². The minimum atomic E-state index is 0.282. The normalized spacial score (nSPS) is 12.6. The zero-order chi connectivity index (χ0) is 15.2. The van der Waals surface area contributed by atoms with Crippen molar-refractivity contribution in [2.75, 3.05) is 32.2 Å². The van der Waals surface area contributed by atoms with E-state index >= 15 is 0 Å². The molecule has 114 valence electrons. The Morgan fingerprint density at radius 3 is 2.81 bits per heavy atom. The highest BCUT2D eigenvalue weighted by molar-refractivity contribution is 5.81. The van der Waals surface area contributed by atoms with Gasteiger partial charge in [-0.1, -0.05) is 25.1 Å². The first-order valence-corrected chi connectivity index (χ1v) is 7.48. The zero-order valence-corrected chi connectivity index (χ0v) is 13.4. The first kappa shape index (κ1) is 15.7. The fourth-order valence-electron chi connectivity index (χ4n) is 2.41. The van der Waals surface area contributed by atoms with Gasteiger partial charge in [-0.25, -0.2) is 4.98 Å². The highest BCUT2D eigenvalue weighted by Gasteiger charge is 2.16. The predicted molar refractivity (Wildman–Crippen MR) is 88.9 cm³/mol. The quantitative estimate of drug-likeness (QED) is 0.849. The summed E-state index contributed by atoms with van der Waals surface area (Å²) in [5.74, 6) is 1.03. The summed E-state index contributed by atoms with van der Waals surface area (Å²) in [6, 6.07) is 10.8. The molecule has 0 aliphatic heterocycles. The number of likely N-dealkylation sites (N-methyl/N-ethyl adjacent to an activating group) is 1. The predicted octanol–water partition coefficient (Wildman–Crippen LogP) is 2.82. The van der Waals surface area contributed by atoms with Gasteiger partial charge in [-0.2, -0.15) is 0 Å². The fourth-order valence-corrected chi connectivity index (χ4v) is 2.41. The maximum Gasteiger partial charge on any atom is 0.133 e. The summed E-state index contributed by atoms with van der Waals surface area (Å²) in [5.41, 5.74) is 2.25. The number of nitrogens with one attached hydrogen (secondary N) is 1. The van der Waals surface area contributed by atoms with E-state index in [1.165, 1.54) is 10.9 Å². The molecule has 4 nitrogen and oxygen atoms in total. The molecule has 21 heavy (non-hydrogen) atoms. The summed E-state index contributed by atoms with van der Waals surface area (Å²) in [6.45, 7) is 6.73. The van der Waals surface area contributed by atoms with E-state index in [2.05, 4.69) is 55.4 Å². The average Bonchev–Trinajstić information content (AvgIpc) is 2.51. The summed E-state index contributed by atoms with van der Waals surface area (Å²) >= 11 is 0. The third-order valence-electron chi connectivity index (χ3n) is 3.75. The van der Waals surface area contributed by atoms with Crippen LogP contribution in [-0.2, 0) is 11.3 Å². The second kappa shape index (κ2) is 7.38. The van der Waals surface area contributed by atoms with Crippen LogP contribution in [0.3, 0.4) is 0 Å². The molecule has 4 heteroatoms. The summed E-state index contributed by atoms with van der Waals surface area (Å²) in [4.78, 5) is 7.06. The number of fused-ring (bicyclic) bond motifs is 1. The van der Waals surface area contributed by atoms with E-state index in [1.807, 2.05) is 6.07 Å². The molecule has 0 aliphatic rings. The van der Waals surface area contributed by atoms with Gasteiger partial charge in [0.25, 0.3) is 0 Å². The van der Waals surface area contributed by atoms with E-state index in [0.29, 0.717) is 6.61 Å². The largest absolute Gasteiger partial charge is 0.383 e. The van der Waals surface area contributed by atoms with Gasteiger partial charge in [-0.05, 0) is 25.6 Å². The summed E-state index contributed by atoms with van der Waals surface area (Å²) in [6.07, 6.45) is 0. The van der Waals surface area contributed by atoms with Crippen molar-refractivity contribution in [3.8, 4) is 0 Å². The molecule has 1 N–H and O–H groups in total. The number of rotatable bonds is 7. The third-order valence-corrected chi connectivity index (χ3v) is 3.75. The van der Waals surface area contributed by atoms with Crippen molar-refractivity contribution >= 4 is 16.7 Å². The van der Waals surface area contributed by atoms with E-state index in [1.54, 1.807) is 7.11 Å². The van der Waals surface area contributed by atoms with Crippen molar-refractivity contribution in [2.24, 2.45) is 0 Å². The lowest BCUT2D eigenvalue weighted by atomic mass is 10.1. The van der Waals surface area contributed by atoms with Crippen LogP contribution in [0, 0.1) is 0 Å². The van der Waals surface area contributed by atoms with Crippen LogP contribution >= 0.6 is 0 Å². The van der Waals surface area contributed by atoms with Crippen LogP contribution < -0.4 is 10.2 Å². The standard InChI is InChI=1S/C17H25N3O/c1-5-18-11-15-10-14-8-6-7-9-16(14)19-17(15)20(3)13(2)12-21-4/h6-10,13,18H,5,11-12H2,1-4H3. The van der Waals surface area contributed by atoms with E-state index < -0.39 is 0 Å². The van der Waals surface area contributed by atoms with Crippen LogP contribution in [-0.4, -0.2) is 38.3 Å². The minimum Gasteiger partial charge on any atom is -0.383 e. The van der Waals surface area contributed by atoms with Crippen molar-refractivity contribution in [3.05, 3.63) is 35.9 Å². The molecular formula is C17H25N3O. The van der Waals surface area contributed by atoms with E-state index in [9.17, 15) is 0 Å². The van der Waals surface area contributed by atoms with Gasteiger partial charge >= 0.3 is 0 Å².